The lowest BCUT2D eigenvalue weighted by atomic mass is 10.1. The molecule has 2 nitrogen and oxygen atoms in total. The summed E-state index contributed by atoms with van der Waals surface area (Å²) in [5.41, 5.74) is 3.19. The zero-order valence-corrected chi connectivity index (χ0v) is 15.7. The van der Waals surface area contributed by atoms with E-state index in [4.69, 9.17) is 21.3 Å². The SMILES string of the molecule is COc1ccc(Sc2nc3ccccc3cc2-c2ccc(Cl)cc2)cc1. The number of pyridine rings is 1. The van der Waals surface area contributed by atoms with Gasteiger partial charge in [0.1, 0.15) is 10.8 Å². The smallest absolute Gasteiger partial charge is 0.118 e. The van der Waals surface area contributed by atoms with Gasteiger partial charge in [0.25, 0.3) is 0 Å². The van der Waals surface area contributed by atoms with Gasteiger partial charge in [0.2, 0.25) is 0 Å². The summed E-state index contributed by atoms with van der Waals surface area (Å²) in [6, 6.07) is 26.3. The van der Waals surface area contributed by atoms with Gasteiger partial charge in [-0.25, -0.2) is 4.98 Å². The highest BCUT2D eigenvalue weighted by Gasteiger charge is 2.11. The molecule has 4 rings (SSSR count). The van der Waals surface area contributed by atoms with Crippen LogP contribution in [-0.2, 0) is 0 Å². The van der Waals surface area contributed by atoms with Gasteiger partial charge in [-0.2, -0.15) is 0 Å². The minimum Gasteiger partial charge on any atom is -0.497 e. The number of ether oxygens (including phenoxy) is 1. The highest BCUT2D eigenvalue weighted by molar-refractivity contribution is 7.99. The van der Waals surface area contributed by atoms with Crippen LogP contribution in [0, 0.1) is 0 Å². The van der Waals surface area contributed by atoms with E-state index in [1.165, 1.54) is 0 Å². The maximum atomic E-state index is 6.06. The Morgan fingerprint density at radius 1 is 0.885 bits per heavy atom. The second-order valence-corrected chi connectivity index (χ2v) is 7.32. The molecule has 26 heavy (non-hydrogen) atoms. The molecule has 0 unspecified atom stereocenters. The largest absolute Gasteiger partial charge is 0.497 e. The minimum absolute atomic E-state index is 0.729. The Labute approximate surface area is 161 Å². The molecule has 0 amide bonds. The van der Waals surface area contributed by atoms with E-state index in [2.05, 4.69) is 12.1 Å². The van der Waals surface area contributed by atoms with Crippen molar-refractivity contribution in [3.05, 3.63) is 83.9 Å². The molecule has 3 aromatic carbocycles. The zero-order valence-electron chi connectivity index (χ0n) is 14.1. The molecule has 0 saturated carbocycles. The van der Waals surface area contributed by atoms with Crippen molar-refractivity contribution in [1.29, 1.82) is 0 Å². The van der Waals surface area contributed by atoms with E-state index in [-0.39, 0.29) is 0 Å². The first-order valence-electron chi connectivity index (χ1n) is 8.20. The van der Waals surface area contributed by atoms with Crippen LogP contribution in [0.1, 0.15) is 0 Å². The quantitative estimate of drug-likeness (QED) is 0.394. The number of hydrogen-bond acceptors (Lipinski definition) is 3. The van der Waals surface area contributed by atoms with Gasteiger partial charge in [0, 0.05) is 20.9 Å². The van der Waals surface area contributed by atoms with E-state index in [0.29, 0.717) is 0 Å². The summed E-state index contributed by atoms with van der Waals surface area (Å²) in [6.45, 7) is 0. The van der Waals surface area contributed by atoms with Gasteiger partial charge >= 0.3 is 0 Å². The molecule has 0 radical (unpaired) electrons. The van der Waals surface area contributed by atoms with Crippen LogP contribution in [0.15, 0.2) is 88.8 Å². The molecule has 0 aliphatic rings. The predicted octanol–water partition coefficient (Wildman–Crippen LogP) is 6.72. The first-order chi connectivity index (χ1) is 12.7. The normalized spacial score (nSPS) is 10.8. The molecule has 0 aliphatic heterocycles. The molecule has 4 heteroatoms. The fourth-order valence-electron chi connectivity index (χ4n) is 2.77. The number of rotatable bonds is 4. The Kier molecular flexibility index (Phi) is 4.83. The molecule has 0 aliphatic carbocycles. The third kappa shape index (κ3) is 3.55. The molecule has 0 N–H and O–H groups in total. The van der Waals surface area contributed by atoms with Crippen LogP contribution >= 0.6 is 23.4 Å². The first kappa shape index (κ1) is 17.0. The number of nitrogens with zero attached hydrogens (tertiary/aromatic N) is 1. The van der Waals surface area contributed by atoms with Crippen LogP contribution < -0.4 is 4.74 Å². The molecule has 0 fully saturated rings. The van der Waals surface area contributed by atoms with Crippen molar-refractivity contribution in [1.82, 2.24) is 4.98 Å². The van der Waals surface area contributed by atoms with E-state index >= 15 is 0 Å². The molecular formula is C22H16ClNOS. The molecule has 0 saturated heterocycles. The van der Waals surface area contributed by atoms with E-state index in [9.17, 15) is 0 Å². The number of halogens is 1. The van der Waals surface area contributed by atoms with E-state index in [1.807, 2.05) is 66.7 Å². The van der Waals surface area contributed by atoms with Crippen molar-refractivity contribution >= 4 is 34.3 Å². The lowest BCUT2D eigenvalue weighted by Crippen LogP contribution is -1.90. The Hall–Kier alpha value is -2.49. The van der Waals surface area contributed by atoms with Crippen LogP contribution in [0.25, 0.3) is 22.0 Å². The Balaban J connectivity index is 1.82. The van der Waals surface area contributed by atoms with Gasteiger partial charge in [-0.3, -0.25) is 0 Å². The summed E-state index contributed by atoms with van der Waals surface area (Å²) in [5, 5.41) is 2.82. The van der Waals surface area contributed by atoms with Gasteiger partial charge in [-0.15, -0.1) is 0 Å². The average Bonchev–Trinajstić information content (AvgIpc) is 2.69. The van der Waals surface area contributed by atoms with Gasteiger partial charge in [0.05, 0.1) is 12.6 Å². The fourth-order valence-corrected chi connectivity index (χ4v) is 3.82. The van der Waals surface area contributed by atoms with Crippen molar-refractivity contribution in [2.75, 3.05) is 7.11 Å². The molecule has 0 bridgehead atoms. The average molecular weight is 378 g/mol. The Morgan fingerprint density at radius 2 is 1.62 bits per heavy atom. The van der Waals surface area contributed by atoms with Crippen molar-refractivity contribution in [2.24, 2.45) is 0 Å². The maximum Gasteiger partial charge on any atom is 0.118 e. The molecule has 0 spiro atoms. The monoisotopic (exact) mass is 377 g/mol. The summed E-state index contributed by atoms with van der Waals surface area (Å²) in [6.07, 6.45) is 0. The number of benzene rings is 3. The van der Waals surface area contributed by atoms with Crippen molar-refractivity contribution < 1.29 is 4.74 Å². The Bertz CT molecular complexity index is 1050. The number of hydrogen-bond donors (Lipinski definition) is 0. The van der Waals surface area contributed by atoms with Gasteiger partial charge in [-0.05, 0) is 54.1 Å². The summed E-state index contributed by atoms with van der Waals surface area (Å²) in [4.78, 5) is 6.03. The van der Waals surface area contributed by atoms with Gasteiger partial charge in [-0.1, -0.05) is 53.7 Å². The van der Waals surface area contributed by atoms with Crippen LogP contribution in [0.2, 0.25) is 5.02 Å². The molecular weight excluding hydrogens is 362 g/mol. The van der Waals surface area contributed by atoms with Crippen LogP contribution in [0.3, 0.4) is 0 Å². The molecule has 0 atom stereocenters. The number of aromatic nitrogens is 1. The summed E-state index contributed by atoms with van der Waals surface area (Å²) in [7, 11) is 1.67. The fraction of sp³-hybridized carbons (Fsp3) is 0.0455. The molecule has 1 heterocycles. The van der Waals surface area contributed by atoms with Crippen LogP contribution in [-0.4, -0.2) is 12.1 Å². The van der Waals surface area contributed by atoms with Gasteiger partial charge < -0.3 is 4.74 Å². The highest BCUT2D eigenvalue weighted by atomic mass is 35.5. The lowest BCUT2D eigenvalue weighted by molar-refractivity contribution is 0.414. The van der Waals surface area contributed by atoms with Gasteiger partial charge in [0.15, 0.2) is 0 Å². The van der Waals surface area contributed by atoms with E-state index in [1.54, 1.807) is 18.9 Å². The minimum atomic E-state index is 0.729. The van der Waals surface area contributed by atoms with Crippen molar-refractivity contribution in [3.8, 4) is 16.9 Å². The number of para-hydroxylation sites is 1. The van der Waals surface area contributed by atoms with Crippen molar-refractivity contribution in [2.45, 2.75) is 9.92 Å². The zero-order chi connectivity index (χ0) is 17.9. The van der Waals surface area contributed by atoms with Crippen LogP contribution in [0.4, 0.5) is 0 Å². The lowest BCUT2D eigenvalue weighted by Gasteiger charge is -2.11. The predicted molar refractivity (Wildman–Crippen MR) is 109 cm³/mol. The van der Waals surface area contributed by atoms with Crippen molar-refractivity contribution in [3.63, 3.8) is 0 Å². The first-order valence-corrected chi connectivity index (χ1v) is 9.40. The second-order valence-electron chi connectivity index (χ2n) is 5.82. The maximum absolute atomic E-state index is 6.06. The highest BCUT2D eigenvalue weighted by Crippen LogP contribution is 2.37. The number of methoxy groups -OCH3 is 1. The second kappa shape index (κ2) is 7.40. The summed E-state index contributed by atoms with van der Waals surface area (Å²) < 4.78 is 5.24. The summed E-state index contributed by atoms with van der Waals surface area (Å²) >= 11 is 7.71. The van der Waals surface area contributed by atoms with E-state index < -0.39 is 0 Å². The topological polar surface area (TPSA) is 22.1 Å². The molecule has 1 aromatic heterocycles. The van der Waals surface area contributed by atoms with Crippen LogP contribution in [0.5, 0.6) is 5.75 Å². The Morgan fingerprint density at radius 3 is 2.35 bits per heavy atom. The number of fused-ring (bicyclic) bond motifs is 1. The third-order valence-corrected chi connectivity index (χ3v) is 5.38. The molecule has 4 aromatic rings. The molecule has 128 valence electrons. The standard InChI is InChI=1S/C22H16ClNOS/c1-25-18-10-12-19(13-11-18)26-22-20(15-6-8-17(23)9-7-15)14-16-4-2-3-5-21(16)24-22/h2-14H,1H3. The van der Waals surface area contributed by atoms with E-state index in [0.717, 1.165) is 42.7 Å². The summed E-state index contributed by atoms with van der Waals surface area (Å²) in [5.74, 6) is 0.846. The third-order valence-electron chi connectivity index (χ3n) is 4.12.